The lowest BCUT2D eigenvalue weighted by Crippen LogP contribution is -2.58. The number of benzene rings is 1. The molecule has 4 fully saturated rings. The minimum absolute atomic E-state index is 0.118. The number of nitrogens with one attached hydrogen (secondary N) is 2. The van der Waals surface area contributed by atoms with Crippen molar-refractivity contribution < 1.29 is 23.9 Å². The van der Waals surface area contributed by atoms with E-state index in [0.717, 1.165) is 51.6 Å². The van der Waals surface area contributed by atoms with E-state index in [0.29, 0.717) is 18.0 Å². The van der Waals surface area contributed by atoms with E-state index >= 15 is 0 Å². The molecule has 3 saturated heterocycles. The maximum Gasteiger partial charge on any atom is 0.246 e. The molecule has 4 aliphatic heterocycles. The smallest absolute Gasteiger partial charge is 0.246 e. The molecule has 6 atom stereocenters. The number of rotatable bonds is 8. The van der Waals surface area contributed by atoms with Crippen LogP contribution in [0, 0.1) is 11.8 Å². The van der Waals surface area contributed by atoms with E-state index < -0.39 is 29.6 Å². The molecule has 0 aromatic heterocycles. The number of likely N-dealkylation sites (tertiary alicyclic amines) is 2. The van der Waals surface area contributed by atoms with Crippen LogP contribution in [0.2, 0.25) is 0 Å². The highest BCUT2D eigenvalue weighted by molar-refractivity contribution is 6.02. The van der Waals surface area contributed by atoms with Gasteiger partial charge in [0.2, 0.25) is 17.7 Å². The summed E-state index contributed by atoms with van der Waals surface area (Å²) in [6.07, 6.45) is 10.6. The van der Waals surface area contributed by atoms with E-state index in [9.17, 15) is 14.4 Å². The maximum absolute atomic E-state index is 14.2. The van der Waals surface area contributed by atoms with Gasteiger partial charge in [0, 0.05) is 30.4 Å². The molecule has 210 valence electrons. The van der Waals surface area contributed by atoms with Gasteiger partial charge in [-0.15, -0.1) is 0 Å². The van der Waals surface area contributed by atoms with Gasteiger partial charge in [-0.3, -0.25) is 19.3 Å². The van der Waals surface area contributed by atoms with Crippen LogP contribution in [0.1, 0.15) is 51.9 Å². The highest BCUT2D eigenvalue weighted by Crippen LogP contribution is 2.55. The fraction of sp³-hybridized carbons (Fsp3) is 0.633. The number of fused-ring (bicyclic) bond motifs is 1. The minimum Gasteiger partial charge on any atom is -0.497 e. The predicted octanol–water partition coefficient (Wildman–Crippen LogP) is 2.72. The molecule has 5 aliphatic rings. The summed E-state index contributed by atoms with van der Waals surface area (Å²) < 4.78 is 11.8. The number of likely N-dealkylation sites (N-methyl/N-ethyl adjacent to an activating group) is 1. The first-order chi connectivity index (χ1) is 18.9. The zero-order chi connectivity index (χ0) is 27.1. The Morgan fingerprint density at radius 3 is 2.72 bits per heavy atom. The van der Waals surface area contributed by atoms with Crippen molar-refractivity contribution in [3.8, 4) is 5.75 Å². The molecule has 3 amide bonds. The molecule has 1 saturated carbocycles. The Bertz CT molecular complexity index is 1150. The van der Waals surface area contributed by atoms with Gasteiger partial charge in [-0.1, -0.05) is 44.4 Å². The summed E-state index contributed by atoms with van der Waals surface area (Å²) in [5.41, 5.74) is -0.536. The van der Waals surface area contributed by atoms with Crippen LogP contribution in [-0.2, 0) is 19.1 Å². The fourth-order valence-corrected chi connectivity index (χ4v) is 7.66. The van der Waals surface area contributed by atoms with Crippen LogP contribution < -0.4 is 15.4 Å². The Kier molecular flexibility index (Phi) is 7.14. The van der Waals surface area contributed by atoms with Crippen LogP contribution in [0.5, 0.6) is 5.75 Å². The van der Waals surface area contributed by atoms with Gasteiger partial charge < -0.3 is 25.0 Å². The van der Waals surface area contributed by atoms with Crippen molar-refractivity contribution in [2.24, 2.45) is 11.8 Å². The molecule has 1 spiro atoms. The summed E-state index contributed by atoms with van der Waals surface area (Å²) in [6.45, 7) is 4.52. The Morgan fingerprint density at radius 1 is 1.13 bits per heavy atom. The topological polar surface area (TPSA) is 100 Å². The van der Waals surface area contributed by atoms with Crippen molar-refractivity contribution in [3.05, 3.63) is 36.4 Å². The van der Waals surface area contributed by atoms with Crippen molar-refractivity contribution in [3.63, 3.8) is 0 Å². The molecule has 1 aliphatic carbocycles. The van der Waals surface area contributed by atoms with Crippen LogP contribution in [0.25, 0.3) is 0 Å². The van der Waals surface area contributed by atoms with E-state index in [1.54, 1.807) is 24.1 Å². The average molecular weight is 537 g/mol. The molecule has 4 heterocycles. The molecule has 1 aromatic rings. The first-order valence-corrected chi connectivity index (χ1v) is 14.6. The van der Waals surface area contributed by atoms with Gasteiger partial charge in [0.15, 0.2) is 0 Å². The summed E-state index contributed by atoms with van der Waals surface area (Å²) in [4.78, 5) is 46.1. The third-order valence-electron chi connectivity index (χ3n) is 9.53. The van der Waals surface area contributed by atoms with E-state index in [-0.39, 0.29) is 29.8 Å². The van der Waals surface area contributed by atoms with Gasteiger partial charge in [0.05, 0.1) is 25.0 Å². The maximum atomic E-state index is 14.2. The molecule has 2 N–H and O–H groups in total. The van der Waals surface area contributed by atoms with Gasteiger partial charge in [0.25, 0.3) is 0 Å². The second-order valence-electron chi connectivity index (χ2n) is 11.7. The molecule has 6 rings (SSSR count). The van der Waals surface area contributed by atoms with Crippen LogP contribution in [-0.4, -0.2) is 84.1 Å². The number of hydrogen-bond donors (Lipinski definition) is 2. The predicted molar refractivity (Wildman–Crippen MR) is 146 cm³/mol. The zero-order valence-corrected chi connectivity index (χ0v) is 22.9. The Morgan fingerprint density at radius 2 is 1.95 bits per heavy atom. The summed E-state index contributed by atoms with van der Waals surface area (Å²) in [7, 11) is 1.58. The number of amides is 3. The van der Waals surface area contributed by atoms with Gasteiger partial charge in [-0.25, -0.2) is 0 Å². The number of ether oxygens (including phenoxy) is 2. The monoisotopic (exact) mass is 536 g/mol. The molecular formula is C30H40N4O5. The number of carbonyl (C=O) groups excluding carboxylic acids is 3. The highest BCUT2D eigenvalue weighted by Gasteiger charge is 2.73. The Hall–Kier alpha value is -2.91. The lowest BCUT2D eigenvalue weighted by atomic mass is 9.74. The van der Waals surface area contributed by atoms with Crippen molar-refractivity contribution >= 4 is 23.4 Å². The largest absolute Gasteiger partial charge is 0.497 e. The van der Waals surface area contributed by atoms with Crippen molar-refractivity contribution in [2.45, 2.75) is 81.7 Å². The summed E-state index contributed by atoms with van der Waals surface area (Å²) >= 11 is 0. The van der Waals surface area contributed by atoms with Crippen molar-refractivity contribution in [1.82, 2.24) is 15.1 Å². The van der Waals surface area contributed by atoms with Crippen LogP contribution in [0.3, 0.4) is 0 Å². The molecule has 0 radical (unpaired) electrons. The third-order valence-corrected chi connectivity index (χ3v) is 9.53. The highest BCUT2D eigenvalue weighted by atomic mass is 16.5. The van der Waals surface area contributed by atoms with Crippen molar-refractivity contribution in [1.29, 1.82) is 0 Å². The molecule has 39 heavy (non-hydrogen) atoms. The third kappa shape index (κ3) is 4.53. The number of anilines is 1. The lowest BCUT2D eigenvalue weighted by Gasteiger charge is -2.36. The normalized spacial score (nSPS) is 33.9. The Labute approximate surface area is 230 Å². The quantitative estimate of drug-likeness (QED) is 0.496. The second-order valence-corrected chi connectivity index (χ2v) is 11.7. The molecule has 2 bridgehead atoms. The Balaban J connectivity index is 1.30. The van der Waals surface area contributed by atoms with Crippen LogP contribution in [0.15, 0.2) is 36.4 Å². The first-order valence-electron chi connectivity index (χ1n) is 14.6. The summed E-state index contributed by atoms with van der Waals surface area (Å²) in [5, 5.41) is 6.25. The average Bonchev–Trinajstić information content (AvgIpc) is 3.70. The van der Waals surface area contributed by atoms with E-state index in [2.05, 4.69) is 22.5 Å². The van der Waals surface area contributed by atoms with Gasteiger partial charge in [0.1, 0.15) is 17.4 Å². The van der Waals surface area contributed by atoms with E-state index in [1.165, 1.54) is 6.42 Å². The van der Waals surface area contributed by atoms with E-state index in [1.807, 2.05) is 24.3 Å². The zero-order valence-electron chi connectivity index (χ0n) is 22.9. The standard InChI is InChI=1S/C30H40N4O5/c1-3-33-16-8-12-21(33)18-34-26(28(36)31-19-9-5-4-6-10-19)30-15-14-23(39-30)24(25(30)29(34)37)27(35)32-20-11-7-13-22(17-20)38-2/h7,11,13-15,17,19,21,23-26H,3-6,8-10,12,16,18H2,1-2H3,(H,31,36)(H,32,35)/t21-,23+,24-,25+,26+,30+/m1/s1. The first kappa shape index (κ1) is 26.3. The molecule has 9 nitrogen and oxygen atoms in total. The molecule has 0 unspecified atom stereocenters. The van der Waals surface area contributed by atoms with Gasteiger partial charge in [-0.2, -0.15) is 0 Å². The molecular weight excluding hydrogens is 496 g/mol. The minimum atomic E-state index is -1.13. The molecule has 1 aromatic carbocycles. The SMILES string of the molecule is CCN1CCC[C@@H]1CN1C(=O)[C@@H]2[C@H](C(=O)Nc3cccc(OC)c3)[C@@H]3C=C[C@@]2(O3)[C@@H]1C(=O)NC1CCCCC1. The van der Waals surface area contributed by atoms with Crippen molar-refractivity contribution in [2.75, 3.05) is 32.1 Å². The fourth-order valence-electron chi connectivity index (χ4n) is 7.66. The van der Waals surface area contributed by atoms with Crippen LogP contribution >= 0.6 is 0 Å². The van der Waals surface area contributed by atoms with Gasteiger partial charge >= 0.3 is 0 Å². The second kappa shape index (κ2) is 10.6. The van der Waals surface area contributed by atoms with Gasteiger partial charge in [-0.05, 0) is 50.9 Å². The van der Waals surface area contributed by atoms with Crippen LogP contribution in [0.4, 0.5) is 5.69 Å². The number of hydrogen-bond acceptors (Lipinski definition) is 6. The number of nitrogens with zero attached hydrogens (tertiary/aromatic N) is 2. The molecule has 9 heteroatoms. The lowest BCUT2D eigenvalue weighted by molar-refractivity contribution is -0.142. The van der Waals surface area contributed by atoms with E-state index in [4.69, 9.17) is 9.47 Å². The number of carbonyl (C=O) groups is 3. The number of methoxy groups -OCH3 is 1. The summed E-state index contributed by atoms with van der Waals surface area (Å²) in [5.74, 6) is -1.40. The summed E-state index contributed by atoms with van der Waals surface area (Å²) in [6, 6.07) is 6.69.